The number of ether oxygens (including phenoxy) is 2. The first kappa shape index (κ1) is 18.7. The number of methoxy groups -OCH3 is 1. The molecule has 2 rings (SSSR count). The standard InChI is InChI=1S/C18H20F2N2O3/c1-22(11-13-4-3-5-16(10-13)24-2)12-17(23)21-14-6-8-15(9-7-14)25-18(19)20/h3-10,18H,11-12H2,1-2H3,(H,21,23). The number of carbonyl (C=O) groups excluding carboxylic acids is 1. The van der Waals surface area contributed by atoms with Gasteiger partial charge in [0.2, 0.25) is 5.91 Å². The molecular formula is C18H20F2N2O3. The molecule has 0 aliphatic heterocycles. The van der Waals surface area contributed by atoms with Crippen LogP contribution in [0.25, 0.3) is 0 Å². The Morgan fingerprint density at radius 1 is 1.16 bits per heavy atom. The number of nitrogens with one attached hydrogen (secondary N) is 1. The van der Waals surface area contributed by atoms with Crippen molar-refractivity contribution in [1.29, 1.82) is 0 Å². The van der Waals surface area contributed by atoms with E-state index in [9.17, 15) is 13.6 Å². The van der Waals surface area contributed by atoms with Gasteiger partial charge in [0, 0.05) is 12.2 Å². The Balaban J connectivity index is 1.84. The summed E-state index contributed by atoms with van der Waals surface area (Å²) in [7, 11) is 3.44. The van der Waals surface area contributed by atoms with Crippen LogP contribution in [0, 0.1) is 0 Å². The number of rotatable bonds is 8. The third kappa shape index (κ3) is 6.39. The van der Waals surface area contributed by atoms with Crippen molar-refractivity contribution in [2.24, 2.45) is 0 Å². The van der Waals surface area contributed by atoms with E-state index in [1.165, 1.54) is 24.3 Å². The van der Waals surface area contributed by atoms with E-state index in [4.69, 9.17) is 4.74 Å². The molecule has 0 atom stereocenters. The molecule has 5 nitrogen and oxygen atoms in total. The summed E-state index contributed by atoms with van der Waals surface area (Å²) in [4.78, 5) is 13.9. The van der Waals surface area contributed by atoms with E-state index < -0.39 is 6.61 Å². The lowest BCUT2D eigenvalue weighted by Gasteiger charge is -2.17. The van der Waals surface area contributed by atoms with Gasteiger partial charge in [0.05, 0.1) is 13.7 Å². The Morgan fingerprint density at radius 2 is 1.88 bits per heavy atom. The molecule has 0 fully saturated rings. The number of alkyl halides is 2. The molecule has 1 N–H and O–H groups in total. The van der Waals surface area contributed by atoms with Crippen LogP contribution in [-0.4, -0.2) is 38.1 Å². The van der Waals surface area contributed by atoms with Crippen molar-refractivity contribution in [2.45, 2.75) is 13.2 Å². The van der Waals surface area contributed by atoms with Gasteiger partial charge in [0.1, 0.15) is 11.5 Å². The molecule has 134 valence electrons. The Labute approximate surface area is 145 Å². The van der Waals surface area contributed by atoms with Gasteiger partial charge in [-0.25, -0.2) is 0 Å². The molecule has 0 saturated heterocycles. The van der Waals surface area contributed by atoms with Gasteiger partial charge in [-0.05, 0) is 49.0 Å². The highest BCUT2D eigenvalue weighted by atomic mass is 19.3. The zero-order chi connectivity index (χ0) is 18.2. The Bertz CT molecular complexity index is 693. The molecule has 0 bridgehead atoms. The Morgan fingerprint density at radius 3 is 2.52 bits per heavy atom. The number of amides is 1. The van der Waals surface area contributed by atoms with Crippen LogP contribution in [0.3, 0.4) is 0 Å². The summed E-state index contributed by atoms with van der Waals surface area (Å²) in [6.07, 6.45) is 0. The first-order valence-electron chi connectivity index (χ1n) is 7.62. The molecular weight excluding hydrogens is 330 g/mol. The lowest BCUT2D eigenvalue weighted by molar-refractivity contribution is -0.117. The monoisotopic (exact) mass is 350 g/mol. The van der Waals surface area contributed by atoms with Crippen molar-refractivity contribution in [3.63, 3.8) is 0 Å². The fourth-order valence-corrected chi connectivity index (χ4v) is 2.30. The second-order valence-corrected chi connectivity index (χ2v) is 5.47. The molecule has 2 aromatic carbocycles. The van der Waals surface area contributed by atoms with Crippen molar-refractivity contribution < 1.29 is 23.0 Å². The van der Waals surface area contributed by atoms with E-state index in [1.54, 1.807) is 7.11 Å². The Hall–Kier alpha value is -2.67. The van der Waals surface area contributed by atoms with Crippen LogP contribution in [0.1, 0.15) is 5.56 Å². The van der Waals surface area contributed by atoms with Crippen LogP contribution in [0.2, 0.25) is 0 Å². The number of carbonyl (C=O) groups is 1. The van der Waals surface area contributed by atoms with Crippen LogP contribution in [0.15, 0.2) is 48.5 Å². The smallest absolute Gasteiger partial charge is 0.387 e. The van der Waals surface area contributed by atoms with Crippen LogP contribution < -0.4 is 14.8 Å². The first-order chi connectivity index (χ1) is 12.0. The maximum atomic E-state index is 12.1. The Kier molecular flexibility index (Phi) is 6.71. The minimum absolute atomic E-state index is 0.0446. The average Bonchev–Trinajstić information content (AvgIpc) is 2.56. The third-order valence-electron chi connectivity index (χ3n) is 3.36. The topological polar surface area (TPSA) is 50.8 Å². The normalized spacial score (nSPS) is 10.8. The largest absolute Gasteiger partial charge is 0.497 e. The van der Waals surface area contributed by atoms with Crippen LogP contribution in [0.4, 0.5) is 14.5 Å². The second-order valence-electron chi connectivity index (χ2n) is 5.47. The highest BCUT2D eigenvalue weighted by Crippen LogP contribution is 2.18. The van der Waals surface area contributed by atoms with Gasteiger partial charge in [0.25, 0.3) is 0 Å². The summed E-state index contributed by atoms with van der Waals surface area (Å²) in [5.74, 6) is 0.609. The summed E-state index contributed by atoms with van der Waals surface area (Å²) in [6.45, 7) is -2.09. The highest BCUT2D eigenvalue weighted by Gasteiger charge is 2.09. The van der Waals surface area contributed by atoms with E-state index in [-0.39, 0.29) is 18.2 Å². The van der Waals surface area contributed by atoms with Crippen molar-refractivity contribution in [1.82, 2.24) is 4.90 Å². The number of hydrogen-bond donors (Lipinski definition) is 1. The lowest BCUT2D eigenvalue weighted by Crippen LogP contribution is -2.29. The summed E-state index contributed by atoms with van der Waals surface area (Å²) >= 11 is 0. The number of halogens is 2. The molecule has 0 aromatic heterocycles. The van der Waals surface area contributed by atoms with Gasteiger partial charge in [-0.3, -0.25) is 9.69 Å². The minimum atomic E-state index is -2.87. The molecule has 0 heterocycles. The quantitative estimate of drug-likeness (QED) is 0.793. The molecule has 1 amide bonds. The fourth-order valence-electron chi connectivity index (χ4n) is 2.30. The molecule has 25 heavy (non-hydrogen) atoms. The molecule has 0 saturated carbocycles. The molecule has 7 heteroatoms. The highest BCUT2D eigenvalue weighted by molar-refractivity contribution is 5.92. The maximum Gasteiger partial charge on any atom is 0.387 e. The lowest BCUT2D eigenvalue weighted by atomic mass is 10.2. The average molecular weight is 350 g/mol. The fraction of sp³-hybridized carbons (Fsp3) is 0.278. The van der Waals surface area contributed by atoms with E-state index in [2.05, 4.69) is 10.1 Å². The van der Waals surface area contributed by atoms with Crippen molar-refractivity contribution >= 4 is 11.6 Å². The van der Waals surface area contributed by atoms with Crippen molar-refractivity contribution in [3.8, 4) is 11.5 Å². The van der Waals surface area contributed by atoms with E-state index in [0.29, 0.717) is 12.2 Å². The zero-order valence-corrected chi connectivity index (χ0v) is 14.0. The first-order valence-corrected chi connectivity index (χ1v) is 7.62. The van der Waals surface area contributed by atoms with Gasteiger partial charge in [0.15, 0.2) is 0 Å². The number of hydrogen-bond acceptors (Lipinski definition) is 4. The van der Waals surface area contributed by atoms with Gasteiger partial charge in [-0.15, -0.1) is 0 Å². The van der Waals surface area contributed by atoms with Crippen LogP contribution in [0.5, 0.6) is 11.5 Å². The van der Waals surface area contributed by atoms with E-state index in [0.717, 1.165) is 11.3 Å². The summed E-state index contributed by atoms with van der Waals surface area (Å²) in [6, 6.07) is 13.4. The van der Waals surface area contributed by atoms with Gasteiger partial charge >= 0.3 is 6.61 Å². The molecule has 0 unspecified atom stereocenters. The predicted octanol–water partition coefficient (Wildman–Crippen LogP) is 3.37. The second kappa shape index (κ2) is 8.98. The van der Waals surface area contributed by atoms with Crippen LogP contribution in [-0.2, 0) is 11.3 Å². The minimum Gasteiger partial charge on any atom is -0.497 e. The number of nitrogens with zero attached hydrogens (tertiary/aromatic N) is 1. The van der Waals surface area contributed by atoms with Gasteiger partial charge < -0.3 is 14.8 Å². The summed E-state index contributed by atoms with van der Waals surface area (Å²) in [5, 5.41) is 2.71. The molecule has 0 aliphatic rings. The SMILES string of the molecule is COc1cccc(CN(C)CC(=O)Nc2ccc(OC(F)F)cc2)c1. The third-order valence-corrected chi connectivity index (χ3v) is 3.36. The van der Waals surface area contributed by atoms with Crippen molar-refractivity contribution in [3.05, 3.63) is 54.1 Å². The van der Waals surface area contributed by atoms with Crippen LogP contribution >= 0.6 is 0 Å². The zero-order valence-electron chi connectivity index (χ0n) is 14.0. The molecule has 0 aliphatic carbocycles. The van der Waals surface area contributed by atoms with E-state index >= 15 is 0 Å². The summed E-state index contributed by atoms with van der Waals surface area (Å²) < 4.78 is 33.6. The molecule has 0 radical (unpaired) electrons. The molecule has 0 spiro atoms. The maximum absolute atomic E-state index is 12.1. The predicted molar refractivity (Wildman–Crippen MR) is 91.0 cm³/mol. The van der Waals surface area contributed by atoms with Crippen molar-refractivity contribution in [2.75, 3.05) is 26.0 Å². The number of anilines is 1. The van der Waals surface area contributed by atoms with Gasteiger partial charge in [-0.1, -0.05) is 12.1 Å². The molecule has 2 aromatic rings. The summed E-state index contributed by atoms with van der Waals surface area (Å²) in [5.41, 5.74) is 1.55. The number of benzene rings is 2. The van der Waals surface area contributed by atoms with Gasteiger partial charge in [-0.2, -0.15) is 8.78 Å². The number of likely N-dealkylation sites (N-methyl/N-ethyl adjacent to an activating group) is 1. The van der Waals surface area contributed by atoms with E-state index in [1.807, 2.05) is 36.2 Å².